The summed E-state index contributed by atoms with van der Waals surface area (Å²) in [6, 6.07) is 3.95. The Hall–Kier alpha value is -2.21. The van der Waals surface area contributed by atoms with Crippen LogP contribution in [0.3, 0.4) is 0 Å². The summed E-state index contributed by atoms with van der Waals surface area (Å²) in [5.41, 5.74) is 1.95. The molecule has 104 valence electrons. The molecule has 0 aromatic carbocycles. The van der Waals surface area contributed by atoms with Crippen LogP contribution in [0.5, 0.6) is 0 Å². The smallest absolute Gasteiger partial charge is 0.238 e. The molecule has 6 nitrogen and oxygen atoms in total. The molecule has 2 aromatic rings. The number of amides is 1. The molecule has 1 amide bonds. The molecular formula is C14H17N5O. The van der Waals surface area contributed by atoms with Gasteiger partial charge in [-0.25, -0.2) is 0 Å². The summed E-state index contributed by atoms with van der Waals surface area (Å²) in [4.78, 5) is 17.9. The Morgan fingerprint density at radius 1 is 1.40 bits per heavy atom. The Bertz CT molecular complexity index is 589. The predicted octanol–water partition coefficient (Wildman–Crippen LogP) is 1.08. The minimum absolute atomic E-state index is 0.00583. The number of pyridine rings is 1. The molecule has 0 atom stereocenters. The first-order valence-corrected chi connectivity index (χ1v) is 6.64. The zero-order valence-electron chi connectivity index (χ0n) is 11.4. The first-order valence-electron chi connectivity index (χ1n) is 6.64. The van der Waals surface area contributed by atoms with E-state index in [1.807, 2.05) is 24.0 Å². The Balaban J connectivity index is 1.46. The van der Waals surface area contributed by atoms with Crippen LogP contribution in [0.2, 0.25) is 0 Å². The normalized spacial score (nSPS) is 15.8. The van der Waals surface area contributed by atoms with E-state index in [2.05, 4.69) is 20.3 Å². The second kappa shape index (κ2) is 5.42. The van der Waals surface area contributed by atoms with Crippen LogP contribution in [0, 0.1) is 6.92 Å². The number of nitrogens with one attached hydrogen (secondary N) is 1. The summed E-state index contributed by atoms with van der Waals surface area (Å²) >= 11 is 0. The van der Waals surface area contributed by atoms with Gasteiger partial charge in [0.1, 0.15) is 0 Å². The SMILES string of the molecule is Cc1cnn(C2CN(CC(=O)Nc3ccncc3)C2)c1. The van der Waals surface area contributed by atoms with Crippen molar-refractivity contribution in [2.75, 3.05) is 25.0 Å². The van der Waals surface area contributed by atoms with Gasteiger partial charge in [0.2, 0.25) is 5.91 Å². The van der Waals surface area contributed by atoms with Crippen LogP contribution in [0.4, 0.5) is 5.69 Å². The lowest BCUT2D eigenvalue weighted by Crippen LogP contribution is -2.50. The third-order valence-electron chi connectivity index (χ3n) is 3.37. The van der Waals surface area contributed by atoms with Gasteiger partial charge >= 0.3 is 0 Å². The Morgan fingerprint density at radius 3 is 2.80 bits per heavy atom. The van der Waals surface area contributed by atoms with Gasteiger partial charge in [-0.3, -0.25) is 19.4 Å². The predicted molar refractivity (Wildman–Crippen MR) is 75.3 cm³/mol. The van der Waals surface area contributed by atoms with Crippen LogP contribution >= 0.6 is 0 Å². The number of anilines is 1. The third-order valence-corrected chi connectivity index (χ3v) is 3.37. The average Bonchev–Trinajstić information content (AvgIpc) is 2.81. The standard InChI is InChI=1S/C14H17N5O/c1-11-6-16-19(7-11)13-8-18(9-13)10-14(20)17-12-2-4-15-5-3-12/h2-7,13H,8-10H2,1H3,(H,15,17,20). The molecule has 1 aliphatic rings. The third kappa shape index (κ3) is 2.85. The average molecular weight is 271 g/mol. The van der Waals surface area contributed by atoms with E-state index in [0.717, 1.165) is 18.8 Å². The molecule has 1 aliphatic heterocycles. The van der Waals surface area contributed by atoms with Crippen molar-refractivity contribution in [2.45, 2.75) is 13.0 Å². The number of carbonyl (C=O) groups excluding carboxylic acids is 1. The van der Waals surface area contributed by atoms with Crippen molar-refractivity contribution in [3.05, 3.63) is 42.5 Å². The molecule has 0 radical (unpaired) electrons. The highest BCUT2D eigenvalue weighted by molar-refractivity contribution is 5.92. The maximum absolute atomic E-state index is 11.9. The van der Waals surface area contributed by atoms with Gasteiger partial charge in [0.05, 0.1) is 18.8 Å². The number of aryl methyl sites for hydroxylation is 1. The summed E-state index contributed by atoms with van der Waals surface area (Å²) in [5, 5.41) is 7.16. The summed E-state index contributed by atoms with van der Waals surface area (Å²) < 4.78 is 1.98. The minimum atomic E-state index is 0.00583. The van der Waals surface area contributed by atoms with Crippen molar-refractivity contribution in [2.24, 2.45) is 0 Å². The van der Waals surface area contributed by atoms with Crippen LogP contribution in [-0.2, 0) is 4.79 Å². The molecule has 1 N–H and O–H groups in total. The molecule has 0 saturated carbocycles. The summed E-state index contributed by atoms with van der Waals surface area (Å²) in [6.07, 6.45) is 7.22. The van der Waals surface area contributed by atoms with Crippen LogP contribution in [0.1, 0.15) is 11.6 Å². The van der Waals surface area contributed by atoms with Gasteiger partial charge in [-0.15, -0.1) is 0 Å². The lowest BCUT2D eigenvalue weighted by molar-refractivity contribution is -0.118. The van der Waals surface area contributed by atoms with Crippen molar-refractivity contribution in [3.63, 3.8) is 0 Å². The molecular weight excluding hydrogens is 254 g/mol. The number of nitrogens with zero attached hydrogens (tertiary/aromatic N) is 4. The second-order valence-corrected chi connectivity index (χ2v) is 5.13. The molecule has 6 heteroatoms. The lowest BCUT2D eigenvalue weighted by Gasteiger charge is -2.38. The van der Waals surface area contributed by atoms with Crippen LogP contribution in [0.15, 0.2) is 36.9 Å². The number of rotatable bonds is 4. The number of hydrogen-bond donors (Lipinski definition) is 1. The van der Waals surface area contributed by atoms with E-state index in [0.29, 0.717) is 12.6 Å². The molecule has 1 saturated heterocycles. The molecule has 0 spiro atoms. The Kier molecular flexibility index (Phi) is 3.47. The lowest BCUT2D eigenvalue weighted by atomic mass is 10.1. The van der Waals surface area contributed by atoms with Gasteiger partial charge in [0.25, 0.3) is 0 Å². The fourth-order valence-electron chi connectivity index (χ4n) is 2.31. The van der Waals surface area contributed by atoms with Crippen molar-refractivity contribution in [3.8, 4) is 0 Å². The molecule has 20 heavy (non-hydrogen) atoms. The summed E-state index contributed by atoms with van der Waals surface area (Å²) in [6.45, 7) is 4.18. The van der Waals surface area contributed by atoms with Gasteiger partial charge in [-0.05, 0) is 24.6 Å². The fourth-order valence-corrected chi connectivity index (χ4v) is 2.31. The molecule has 2 aromatic heterocycles. The first-order chi connectivity index (χ1) is 9.70. The molecule has 3 rings (SSSR count). The van der Waals surface area contributed by atoms with E-state index in [9.17, 15) is 4.79 Å². The van der Waals surface area contributed by atoms with Crippen molar-refractivity contribution in [1.29, 1.82) is 0 Å². The van der Waals surface area contributed by atoms with Gasteiger partial charge < -0.3 is 5.32 Å². The molecule has 1 fully saturated rings. The molecule has 0 aliphatic carbocycles. The molecule has 0 unspecified atom stereocenters. The number of hydrogen-bond acceptors (Lipinski definition) is 4. The molecule has 3 heterocycles. The van der Waals surface area contributed by atoms with Crippen molar-refractivity contribution in [1.82, 2.24) is 19.7 Å². The minimum Gasteiger partial charge on any atom is -0.325 e. The first kappa shape index (κ1) is 12.8. The number of aromatic nitrogens is 3. The van der Waals surface area contributed by atoms with Gasteiger partial charge in [0, 0.05) is 37.4 Å². The van der Waals surface area contributed by atoms with Crippen molar-refractivity contribution < 1.29 is 4.79 Å². The van der Waals surface area contributed by atoms with E-state index < -0.39 is 0 Å². The Labute approximate surface area is 117 Å². The molecule has 0 bridgehead atoms. The fraction of sp³-hybridized carbons (Fsp3) is 0.357. The van der Waals surface area contributed by atoms with E-state index >= 15 is 0 Å². The van der Waals surface area contributed by atoms with E-state index in [1.165, 1.54) is 5.56 Å². The van der Waals surface area contributed by atoms with Crippen LogP contribution in [0.25, 0.3) is 0 Å². The quantitative estimate of drug-likeness (QED) is 0.904. The summed E-state index contributed by atoms with van der Waals surface area (Å²) in [5.74, 6) is 0.00583. The van der Waals surface area contributed by atoms with Gasteiger partial charge in [-0.2, -0.15) is 5.10 Å². The Morgan fingerprint density at radius 2 is 2.15 bits per heavy atom. The maximum atomic E-state index is 11.9. The monoisotopic (exact) mass is 271 g/mol. The highest BCUT2D eigenvalue weighted by Gasteiger charge is 2.29. The number of likely N-dealkylation sites (tertiary alicyclic amines) is 1. The van der Waals surface area contributed by atoms with Crippen LogP contribution in [-0.4, -0.2) is 45.2 Å². The number of carbonyl (C=O) groups is 1. The highest BCUT2D eigenvalue weighted by Crippen LogP contribution is 2.20. The van der Waals surface area contributed by atoms with Crippen molar-refractivity contribution >= 4 is 11.6 Å². The van der Waals surface area contributed by atoms with E-state index in [-0.39, 0.29) is 5.91 Å². The summed E-state index contributed by atoms with van der Waals surface area (Å²) in [7, 11) is 0. The van der Waals surface area contributed by atoms with E-state index in [1.54, 1.807) is 24.5 Å². The largest absolute Gasteiger partial charge is 0.325 e. The van der Waals surface area contributed by atoms with Gasteiger partial charge in [0.15, 0.2) is 0 Å². The topological polar surface area (TPSA) is 63.1 Å². The zero-order valence-corrected chi connectivity index (χ0v) is 11.4. The highest BCUT2D eigenvalue weighted by atomic mass is 16.2. The maximum Gasteiger partial charge on any atom is 0.238 e. The zero-order chi connectivity index (χ0) is 13.9. The second-order valence-electron chi connectivity index (χ2n) is 5.13. The van der Waals surface area contributed by atoms with Crippen LogP contribution < -0.4 is 5.32 Å². The van der Waals surface area contributed by atoms with E-state index in [4.69, 9.17) is 0 Å². The van der Waals surface area contributed by atoms with Gasteiger partial charge in [-0.1, -0.05) is 0 Å².